The Morgan fingerprint density at radius 1 is 1.04 bits per heavy atom. The van der Waals surface area contributed by atoms with Crippen molar-refractivity contribution in [2.24, 2.45) is 0 Å². The van der Waals surface area contributed by atoms with Crippen molar-refractivity contribution in [1.82, 2.24) is 10.2 Å². The highest BCUT2D eigenvalue weighted by molar-refractivity contribution is 6.30. The molecule has 2 aromatic rings. The van der Waals surface area contributed by atoms with Crippen LogP contribution in [0.4, 0.5) is 4.79 Å². The van der Waals surface area contributed by atoms with Crippen LogP contribution in [0.15, 0.2) is 66.7 Å². The van der Waals surface area contributed by atoms with E-state index in [2.05, 4.69) is 5.32 Å². The van der Waals surface area contributed by atoms with Crippen LogP contribution >= 0.6 is 11.6 Å². The summed E-state index contributed by atoms with van der Waals surface area (Å²) in [5, 5.41) is 3.61. The second kappa shape index (κ2) is 9.95. The molecule has 5 nitrogen and oxygen atoms in total. The maximum absolute atomic E-state index is 12.7. The first-order valence-electron chi connectivity index (χ1n) is 9.27. The number of nitrogens with one attached hydrogen (secondary N) is 1. The number of hydrogen-bond donors (Lipinski definition) is 1. The standard InChI is InChI=1S/C22H23ClN2O3/c23-19-12-10-17(11-13-19)15-25-14-6-2-5-9-21(26)24-20(16-28-22(25)27)18-7-3-1-4-8-18/h1-4,6-8,10-13,20H,5,9,14-16H2,(H,24,26)/t20-/m0/s1. The third kappa shape index (κ3) is 5.86. The molecule has 1 atom stereocenters. The quantitative estimate of drug-likeness (QED) is 0.775. The number of amides is 2. The van der Waals surface area contributed by atoms with Crippen molar-refractivity contribution in [2.75, 3.05) is 13.2 Å². The molecular formula is C22H23ClN2O3. The number of carbonyl (C=O) groups excluding carboxylic acids is 2. The molecule has 0 unspecified atom stereocenters. The lowest BCUT2D eigenvalue weighted by Gasteiger charge is -2.24. The predicted molar refractivity (Wildman–Crippen MR) is 109 cm³/mol. The van der Waals surface area contributed by atoms with E-state index in [4.69, 9.17) is 16.3 Å². The fourth-order valence-electron chi connectivity index (χ4n) is 2.97. The van der Waals surface area contributed by atoms with Crippen molar-refractivity contribution in [1.29, 1.82) is 0 Å². The fourth-order valence-corrected chi connectivity index (χ4v) is 3.09. The summed E-state index contributed by atoms with van der Waals surface area (Å²) in [6, 6.07) is 16.5. The summed E-state index contributed by atoms with van der Waals surface area (Å²) in [7, 11) is 0. The molecular weight excluding hydrogens is 376 g/mol. The van der Waals surface area contributed by atoms with Gasteiger partial charge in [0.1, 0.15) is 6.61 Å². The summed E-state index contributed by atoms with van der Waals surface area (Å²) in [5.74, 6) is -0.0619. The minimum absolute atomic E-state index is 0.0619. The molecule has 0 bridgehead atoms. The number of rotatable bonds is 3. The first kappa shape index (κ1) is 20.0. The van der Waals surface area contributed by atoms with Crippen LogP contribution in [0.5, 0.6) is 0 Å². The number of nitrogens with zero attached hydrogens (tertiary/aromatic N) is 1. The van der Waals surface area contributed by atoms with Crippen molar-refractivity contribution in [2.45, 2.75) is 25.4 Å². The molecule has 0 aliphatic carbocycles. The third-order valence-corrected chi connectivity index (χ3v) is 4.74. The monoisotopic (exact) mass is 398 g/mol. The van der Waals surface area contributed by atoms with Crippen LogP contribution in [-0.4, -0.2) is 30.1 Å². The van der Waals surface area contributed by atoms with Crippen molar-refractivity contribution in [3.05, 3.63) is 82.9 Å². The van der Waals surface area contributed by atoms with Crippen LogP contribution in [0.2, 0.25) is 5.02 Å². The third-order valence-electron chi connectivity index (χ3n) is 4.49. The fraction of sp³-hybridized carbons (Fsp3) is 0.273. The Kier molecular flexibility index (Phi) is 7.09. The van der Waals surface area contributed by atoms with Gasteiger partial charge in [-0.25, -0.2) is 4.79 Å². The number of allylic oxidation sites excluding steroid dienone is 1. The zero-order valence-corrected chi connectivity index (χ0v) is 16.3. The maximum Gasteiger partial charge on any atom is 0.410 e. The average molecular weight is 399 g/mol. The Morgan fingerprint density at radius 3 is 2.54 bits per heavy atom. The van der Waals surface area contributed by atoms with Gasteiger partial charge in [0.2, 0.25) is 5.91 Å². The molecule has 0 spiro atoms. The Hall–Kier alpha value is -2.79. The van der Waals surface area contributed by atoms with Gasteiger partial charge in [0.15, 0.2) is 0 Å². The topological polar surface area (TPSA) is 58.6 Å². The number of cyclic esters (lactones) is 1. The zero-order chi connectivity index (χ0) is 19.8. The number of hydrogen-bond acceptors (Lipinski definition) is 3. The molecule has 1 aliphatic rings. The first-order chi connectivity index (χ1) is 13.6. The van der Waals surface area contributed by atoms with E-state index >= 15 is 0 Å². The van der Waals surface area contributed by atoms with Gasteiger partial charge in [0.05, 0.1) is 6.04 Å². The Bertz CT molecular complexity index is 821. The Balaban J connectivity index is 1.75. The van der Waals surface area contributed by atoms with Crippen LogP contribution in [0.1, 0.15) is 30.0 Å². The number of carbonyl (C=O) groups is 2. The van der Waals surface area contributed by atoms with Gasteiger partial charge in [-0.3, -0.25) is 4.79 Å². The molecule has 3 rings (SSSR count). The van der Waals surface area contributed by atoms with Gasteiger partial charge >= 0.3 is 6.09 Å². The minimum Gasteiger partial charge on any atom is -0.447 e. The molecule has 28 heavy (non-hydrogen) atoms. The molecule has 1 aliphatic heterocycles. The van der Waals surface area contributed by atoms with E-state index in [1.165, 1.54) is 0 Å². The highest BCUT2D eigenvalue weighted by atomic mass is 35.5. The van der Waals surface area contributed by atoms with Crippen molar-refractivity contribution >= 4 is 23.6 Å². The van der Waals surface area contributed by atoms with E-state index in [1.807, 2.05) is 54.6 Å². The van der Waals surface area contributed by atoms with E-state index in [9.17, 15) is 9.59 Å². The summed E-state index contributed by atoms with van der Waals surface area (Å²) in [4.78, 5) is 26.5. The minimum atomic E-state index is -0.421. The smallest absolute Gasteiger partial charge is 0.410 e. The van der Waals surface area contributed by atoms with E-state index in [-0.39, 0.29) is 18.6 Å². The number of ether oxygens (including phenoxy) is 1. The Labute approximate surface area is 169 Å². The summed E-state index contributed by atoms with van der Waals surface area (Å²) >= 11 is 5.94. The van der Waals surface area contributed by atoms with E-state index in [1.54, 1.807) is 17.0 Å². The van der Waals surface area contributed by atoms with Crippen molar-refractivity contribution in [3.63, 3.8) is 0 Å². The van der Waals surface area contributed by atoms with Gasteiger partial charge < -0.3 is 15.0 Å². The van der Waals surface area contributed by atoms with Crippen molar-refractivity contribution < 1.29 is 14.3 Å². The van der Waals surface area contributed by atoms with Crippen LogP contribution in [-0.2, 0) is 16.1 Å². The molecule has 6 heteroatoms. The second-order valence-corrected chi connectivity index (χ2v) is 7.06. The second-order valence-electron chi connectivity index (χ2n) is 6.62. The van der Waals surface area contributed by atoms with Gasteiger partial charge in [-0.05, 0) is 29.7 Å². The van der Waals surface area contributed by atoms with Gasteiger partial charge in [-0.1, -0.05) is 66.2 Å². The number of halogens is 1. The molecule has 0 fully saturated rings. The zero-order valence-electron chi connectivity index (χ0n) is 15.5. The highest BCUT2D eigenvalue weighted by Gasteiger charge is 2.20. The molecule has 1 heterocycles. The van der Waals surface area contributed by atoms with Crippen molar-refractivity contribution in [3.8, 4) is 0 Å². The molecule has 0 aromatic heterocycles. The molecule has 0 saturated carbocycles. The number of benzene rings is 2. The van der Waals surface area contributed by atoms with E-state index in [0.29, 0.717) is 31.0 Å². The van der Waals surface area contributed by atoms with E-state index in [0.717, 1.165) is 11.1 Å². The molecule has 2 amide bonds. The SMILES string of the molecule is O=C1CCC=CCN(Cc2ccc(Cl)cc2)C(=O)OC[C@@H](c2ccccc2)N1. The lowest BCUT2D eigenvalue weighted by atomic mass is 10.1. The van der Waals surface area contributed by atoms with Gasteiger partial charge in [0, 0.05) is 24.5 Å². The Morgan fingerprint density at radius 2 is 1.79 bits per heavy atom. The molecule has 0 radical (unpaired) electrons. The molecule has 2 aromatic carbocycles. The predicted octanol–water partition coefficient (Wildman–Crippen LogP) is 4.49. The van der Waals surface area contributed by atoms with Crippen LogP contribution in [0.25, 0.3) is 0 Å². The highest BCUT2D eigenvalue weighted by Crippen LogP contribution is 2.16. The van der Waals surface area contributed by atoms with Gasteiger partial charge in [-0.15, -0.1) is 0 Å². The van der Waals surface area contributed by atoms with Gasteiger partial charge in [-0.2, -0.15) is 0 Å². The van der Waals surface area contributed by atoms with Gasteiger partial charge in [0.25, 0.3) is 0 Å². The molecule has 146 valence electrons. The normalized spacial score (nSPS) is 18.6. The summed E-state index contributed by atoms with van der Waals surface area (Å²) in [6.07, 6.45) is 4.40. The van der Waals surface area contributed by atoms with E-state index < -0.39 is 6.09 Å². The van der Waals surface area contributed by atoms with Crippen LogP contribution in [0, 0.1) is 0 Å². The van der Waals surface area contributed by atoms with Crippen LogP contribution in [0.3, 0.4) is 0 Å². The lowest BCUT2D eigenvalue weighted by Crippen LogP contribution is -2.36. The summed E-state index contributed by atoms with van der Waals surface area (Å²) < 4.78 is 5.55. The average Bonchev–Trinajstić information content (AvgIpc) is 2.71. The summed E-state index contributed by atoms with van der Waals surface area (Å²) in [5.41, 5.74) is 1.87. The molecule has 1 N–H and O–H groups in total. The molecule has 0 saturated heterocycles. The maximum atomic E-state index is 12.7. The first-order valence-corrected chi connectivity index (χ1v) is 9.65. The summed E-state index contributed by atoms with van der Waals surface area (Å²) in [6.45, 7) is 0.914. The van der Waals surface area contributed by atoms with Crippen LogP contribution < -0.4 is 5.32 Å². The largest absolute Gasteiger partial charge is 0.447 e. The lowest BCUT2D eigenvalue weighted by molar-refractivity contribution is -0.122.